The molecule has 0 amide bonds. The Morgan fingerprint density at radius 2 is 2.07 bits per heavy atom. The lowest BCUT2D eigenvalue weighted by molar-refractivity contribution is -0.384. The Balaban J connectivity index is 2.93. The number of benzene rings is 1. The van der Waals surface area contributed by atoms with Crippen LogP contribution in [-0.2, 0) is 0 Å². The summed E-state index contributed by atoms with van der Waals surface area (Å²) in [6.45, 7) is 0. The molecule has 0 aliphatic heterocycles. The Kier molecular flexibility index (Phi) is 2.93. The van der Waals surface area contributed by atoms with E-state index in [1.54, 1.807) is 0 Å². The molecule has 1 heterocycles. The molecule has 0 aliphatic carbocycles. The van der Waals surface area contributed by atoms with Gasteiger partial charge in [0.15, 0.2) is 0 Å². The molecule has 0 saturated heterocycles. The highest BCUT2D eigenvalue weighted by molar-refractivity contribution is 14.1. The first-order valence-electron chi connectivity index (χ1n) is 3.61. The zero-order valence-electron chi connectivity index (χ0n) is 6.66. The van der Waals surface area contributed by atoms with E-state index in [0.29, 0.717) is 3.57 Å². The number of hydrogen-bond donors (Lipinski definition) is 0. The summed E-state index contributed by atoms with van der Waals surface area (Å²) in [6, 6.07) is 3.65. The predicted octanol–water partition coefficient (Wildman–Crippen LogP) is 4.02. The molecular weight excluding hydrogens is 428 g/mol. The van der Waals surface area contributed by atoms with Gasteiger partial charge in [-0.25, -0.2) is 0 Å². The lowest BCUT2D eigenvalue weighted by atomic mass is 10.2. The molecule has 0 bridgehead atoms. The molecule has 0 spiro atoms. The predicted molar refractivity (Wildman–Crippen MR) is 73.9 cm³/mol. The molecule has 2 aromatic rings. The van der Waals surface area contributed by atoms with Gasteiger partial charge in [-0.1, -0.05) is 0 Å². The van der Waals surface area contributed by atoms with Gasteiger partial charge < -0.3 is 0 Å². The first kappa shape index (κ1) is 10.6. The number of thiophene rings is 1. The third kappa shape index (κ3) is 1.63. The molecule has 0 N–H and O–H groups in total. The van der Waals surface area contributed by atoms with Gasteiger partial charge in [-0.15, -0.1) is 11.3 Å². The Morgan fingerprint density at radius 3 is 2.71 bits per heavy atom. The van der Waals surface area contributed by atoms with Crippen molar-refractivity contribution in [2.24, 2.45) is 0 Å². The summed E-state index contributed by atoms with van der Waals surface area (Å²) < 4.78 is 2.77. The lowest BCUT2D eigenvalue weighted by Crippen LogP contribution is -1.92. The van der Waals surface area contributed by atoms with Crippen molar-refractivity contribution in [3.8, 4) is 0 Å². The molecule has 14 heavy (non-hydrogen) atoms. The van der Waals surface area contributed by atoms with E-state index >= 15 is 0 Å². The van der Waals surface area contributed by atoms with Gasteiger partial charge >= 0.3 is 0 Å². The largest absolute Gasteiger partial charge is 0.291 e. The minimum absolute atomic E-state index is 0.224. The minimum Gasteiger partial charge on any atom is -0.258 e. The summed E-state index contributed by atoms with van der Waals surface area (Å²) in [4.78, 5) is 10.5. The monoisotopic (exact) mass is 431 g/mol. The summed E-state index contributed by atoms with van der Waals surface area (Å²) in [5.74, 6) is 0. The fourth-order valence-corrected chi connectivity index (χ4v) is 4.42. The molecule has 0 fully saturated rings. The van der Waals surface area contributed by atoms with E-state index in [2.05, 4.69) is 22.6 Å². The number of rotatable bonds is 1. The average molecular weight is 431 g/mol. The van der Waals surface area contributed by atoms with Crippen LogP contribution in [-0.4, -0.2) is 4.92 Å². The van der Waals surface area contributed by atoms with E-state index in [1.165, 1.54) is 11.3 Å². The Hall–Kier alpha value is 0.0400. The SMILES string of the molecule is O=[N+]([O-])c1c(I)cc(I)c2sccc12. The second kappa shape index (κ2) is 3.89. The van der Waals surface area contributed by atoms with E-state index in [4.69, 9.17) is 0 Å². The zero-order chi connectivity index (χ0) is 10.3. The Bertz CT molecular complexity index is 523. The van der Waals surface area contributed by atoms with Crippen molar-refractivity contribution >= 4 is 72.3 Å². The van der Waals surface area contributed by atoms with Crippen LogP contribution in [0.1, 0.15) is 0 Å². The third-order valence-electron chi connectivity index (χ3n) is 1.80. The number of nitro benzene ring substituents is 1. The minimum atomic E-state index is -0.313. The van der Waals surface area contributed by atoms with Crippen LogP contribution < -0.4 is 0 Å². The molecule has 1 aromatic heterocycles. The van der Waals surface area contributed by atoms with Crippen molar-refractivity contribution in [1.82, 2.24) is 0 Å². The maximum atomic E-state index is 10.8. The fraction of sp³-hybridized carbons (Fsp3) is 0. The molecule has 2 rings (SSSR count). The molecule has 6 heteroatoms. The molecule has 0 atom stereocenters. The topological polar surface area (TPSA) is 43.1 Å². The summed E-state index contributed by atoms with van der Waals surface area (Å²) in [5.41, 5.74) is 0.224. The molecule has 0 aliphatic rings. The fourth-order valence-electron chi connectivity index (χ4n) is 1.24. The van der Waals surface area contributed by atoms with Gasteiger partial charge in [0.2, 0.25) is 0 Å². The third-order valence-corrected chi connectivity index (χ3v) is 4.79. The van der Waals surface area contributed by atoms with Crippen LogP contribution in [0.25, 0.3) is 10.1 Å². The normalized spacial score (nSPS) is 10.7. The number of hydrogen-bond acceptors (Lipinski definition) is 3. The average Bonchev–Trinajstić information content (AvgIpc) is 2.51. The smallest absolute Gasteiger partial charge is 0.258 e. The number of halogens is 2. The number of fused-ring (bicyclic) bond motifs is 1. The standard InChI is InChI=1S/C8H3I2NO2S/c9-5-3-6(10)8-4(1-2-14-8)7(5)11(12)13/h1-3H. The van der Waals surface area contributed by atoms with Gasteiger partial charge in [0.25, 0.3) is 5.69 Å². The highest BCUT2D eigenvalue weighted by Crippen LogP contribution is 2.36. The van der Waals surface area contributed by atoms with Crippen molar-refractivity contribution in [3.63, 3.8) is 0 Å². The van der Waals surface area contributed by atoms with E-state index in [1.807, 2.05) is 40.1 Å². The van der Waals surface area contributed by atoms with Gasteiger partial charge in [-0.05, 0) is 62.7 Å². The van der Waals surface area contributed by atoms with E-state index in [9.17, 15) is 10.1 Å². The maximum Gasteiger partial charge on any atom is 0.291 e. The molecule has 72 valence electrons. The second-order valence-electron chi connectivity index (χ2n) is 2.61. The summed E-state index contributed by atoms with van der Waals surface area (Å²) in [7, 11) is 0. The highest BCUT2D eigenvalue weighted by atomic mass is 127. The maximum absolute atomic E-state index is 10.8. The number of nitro groups is 1. The summed E-state index contributed by atoms with van der Waals surface area (Å²) in [6.07, 6.45) is 0. The first-order valence-corrected chi connectivity index (χ1v) is 6.64. The van der Waals surface area contributed by atoms with Crippen LogP contribution in [0.15, 0.2) is 17.5 Å². The van der Waals surface area contributed by atoms with Crippen molar-refractivity contribution < 1.29 is 4.92 Å². The molecule has 0 unspecified atom stereocenters. The van der Waals surface area contributed by atoms with Crippen molar-refractivity contribution in [3.05, 3.63) is 34.8 Å². The van der Waals surface area contributed by atoms with Gasteiger partial charge in [0.1, 0.15) is 0 Å². The Morgan fingerprint density at radius 1 is 1.36 bits per heavy atom. The van der Waals surface area contributed by atoms with Gasteiger partial charge in [0.05, 0.1) is 18.6 Å². The van der Waals surface area contributed by atoms with Crippen LogP contribution >= 0.6 is 56.5 Å². The quantitative estimate of drug-likeness (QED) is 0.389. The summed E-state index contributed by atoms with van der Waals surface area (Å²) >= 11 is 5.75. The first-order chi connectivity index (χ1) is 6.61. The lowest BCUT2D eigenvalue weighted by Gasteiger charge is -1.99. The molecular formula is C8H3I2NO2S. The highest BCUT2D eigenvalue weighted by Gasteiger charge is 2.19. The van der Waals surface area contributed by atoms with Crippen LogP contribution in [0.2, 0.25) is 0 Å². The van der Waals surface area contributed by atoms with Crippen LogP contribution in [0.5, 0.6) is 0 Å². The van der Waals surface area contributed by atoms with E-state index < -0.39 is 0 Å². The van der Waals surface area contributed by atoms with Crippen molar-refractivity contribution in [2.45, 2.75) is 0 Å². The molecule has 1 aromatic carbocycles. The molecule has 0 radical (unpaired) electrons. The molecule has 0 saturated carbocycles. The molecule has 3 nitrogen and oxygen atoms in total. The van der Waals surface area contributed by atoms with Crippen LogP contribution in [0, 0.1) is 17.3 Å². The van der Waals surface area contributed by atoms with Crippen molar-refractivity contribution in [2.75, 3.05) is 0 Å². The van der Waals surface area contributed by atoms with Crippen molar-refractivity contribution in [1.29, 1.82) is 0 Å². The van der Waals surface area contributed by atoms with Crippen LogP contribution in [0.4, 0.5) is 5.69 Å². The summed E-state index contributed by atoms with van der Waals surface area (Å²) in [5, 5.41) is 13.5. The number of nitrogens with zero attached hydrogens (tertiary/aromatic N) is 1. The van der Waals surface area contributed by atoms with Crippen LogP contribution in [0.3, 0.4) is 0 Å². The van der Waals surface area contributed by atoms with E-state index in [0.717, 1.165) is 13.7 Å². The van der Waals surface area contributed by atoms with Gasteiger partial charge in [-0.3, -0.25) is 10.1 Å². The second-order valence-corrected chi connectivity index (χ2v) is 5.85. The Labute approximate surface area is 111 Å². The zero-order valence-corrected chi connectivity index (χ0v) is 11.8. The van der Waals surface area contributed by atoms with E-state index in [-0.39, 0.29) is 10.6 Å². The van der Waals surface area contributed by atoms with Gasteiger partial charge in [-0.2, -0.15) is 0 Å². The van der Waals surface area contributed by atoms with Gasteiger partial charge in [0, 0.05) is 3.57 Å².